The van der Waals surface area contributed by atoms with Crippen molar-refractivity contribution >= 4 is 16.9 Å². The number of terminal acetylenes is 1. The predicted octanol–water partition coefficient (Wildman–Crippen LogP) is -2.01. The second-order valence-electron chi connectivity index (χ2n) is 5.13. The van der Waals surface area contributed by atoms with E-state index in [1.54, 1.807) is 0 Å². The van der Waals surface area contributed by atoms with Gasteiger partial charge in [0.1, 0.15) is 41.9 Å². The molecule has 0 aliphatic carbocycles. The molecular formula is C14H14N4O5. The van der Waals surface area contributed by atoms with Gasteiger partial charge in [-0.2, -0.15) is 0 Å². The molecule has 9 heteroatoms. The zero-order valence-electron chi connectivity index (χ0n) is 11.8. The molecule has 23 heavy (non-hydrogen) atoms. The Hall–Kier alpha value is -2.51. The number of ether oxygens (including phenoxy) is 1. The zero-order valence-corrected chi connectivity index (χ0v) is 11.8. The van der Waals surface area contributed by atoms with Gasteiger partial charge in [-0.3, -0.25) is 4.79 Å². The Morgan fingerprint density at radius 2 is 2.13 bits per heavy atom. The van der Waals surface area contributed by atoms with Gasteiger partial charge in [0.2, 0.25) is 0 Å². The van der Waals surface area contributed by atoms with Crippen molar-refractivity contribution < 1.29 is 20.1 Å². The molecule has 1 saturated heterocycles. The van der Waals surface area contributed by atoms with E-state index in [-0.39, 0.29) is 22.3 Å². The van der Waals surface area contributed by atoms with Gasteiger partial charge in [-0.1, -0.05) is 5.92 Å². The van der Waals surface area contributed by atoms with E-state index in [0.29, 0.717) is 0 Å². The van der Waals surface area contributed by atoms with Crippen LogP contribution in [0.3, 0.4) is 0 Å². The molecule has 3 heterocycles. The lowest BCUT2D eigenvalue weighted by Crippen LogP contribution is -2.37. The highest BCUT2D eigenvalue weighted by atomic mass is 16.6. The maximum atomic E-state index is 11.9. The van der Waals surface area contributed by atoms with Crippen LogP contribution in [-0.4, -0.2) is 54.3 Å². The van der Waals surface area contributed by atoms with Crippen LogP contribution in [0, 0.1) is 12.3 Å². The van der Waals surface area contributed by atoms with Crippen molar-refractivity contribution in [2.75, 3.05) is 5.73 Å². The van der Waals surface area contributed by atoms with Crippen molar-refractivity contribution in [2.24, 2.45) is 0 Å². The van der Waals surface area contributed by atoms with E-state index < -0.39 is 30.6 Å². The molecule has 9 nitrogen and oxygen atoms in total. The van der Waals surface area contributed by atoms with Crippen LogP contribution in [0.15, 0.2) is 23.4 Å². The summed E-state index contributed by atoms with van der Waals surface area (Å²) in [7, 11) is 0. The van der Waals surface area contributed by atoms with Crippen LogP contribution >= 0.6 is 0 Å². The van der Waals surface area contributed by atoms with E-state index in [1.807, 2.05) is 5.92 Å². The van der Waals surface area contributed by atoms with Gasteiger partial charge in [0.25, 0.3) is 0 Å². The summed E-state index contributed by atoms with van der Waals surface area (Å²) in [5, 5.41) is 29.9. The predicted molar refractivity (Wildman–Crippen MR) is 79.0 cm³/mol. The fraction of sp³-hybridized carbons (Fsp3) is 0.357. The highest BCUT2D eigenvalue weighted by Gasteiger charge is 2.46. The van der Waals surface area contributed by atoms with Gasteiger partial charge in [-0.25, -0.2) is 9.97 Å². The van der Waals surface area contributed by atoms with Gasteiger partial charge in [0.15, 0.2) is 17.3 Å². The summed E-state index contributed by atoms with van der Waals surface area (Å²) in [4.78, 5) is 19.7. The summed E-state index contributed by atoms with van der Waals surface area (Å²) in [6.07, 6.45) is 1.18. The van der Waals surface area contributed by atoms with Gasteiger partial charge in [0, 0.05) is 12.3 Å². The number of aliphatic hydroxyl groups is 3. The number of fused-ring (bicyclic) bond motifs is 1. The molecule has 120 valence electrons. The topological polar surface area (TPSA) is 144 Å². The third-order valence-corrected chi connectivity index (χ3v) is 3.77. The number of aliphatic hydroxyl groups excluding tert-OH is 3. The lowest BCUT2D eigenvalue weighted by Gasteiger charge is -2.20. The first-order chi connectivity index (χ1) is 11.0. The van der Waals surface area contributed by atoms with Crippen molar-refractivity contribution in [3.63, 3.8) is 0 Å². The summed E-state index contributed by atoms with van der Waals surface area (Å²) in [5.74, 6) is 2.03. The van der Waals surface area contributed by atoms with E-state index in [2.05, 4.69) is 9.97 Å². The van der Waals surface area contributed by atoms with Crippen molar-refractivity contribution in [1.29, 1.82) is 0 Å². The fourth-order valence-electron chi connectivity index (χ4n) is 2.60. The van der Waals surface area contributed by atoms with Crippen LogP contribution in [0.1, 0.15) is 6.23 Å². The summed E-state index contributed by atoms with van der Waals surface area (Å²) in [5.41, 5.74) is 5.45. The largest absolute Gasteiger partial charge is 0.387 e. The van der Waals surface area contributed by atoms with Crippen LogP contribution in [0.2, 0.25) is 0 Å². The highest BCUT2D eigenvalue weighted by Crippen LogP contribution is 2.32. The number of pyridine rings is 1. The van der Waals surface area contributed by atoms with Crippen molar-refractivity contribution in [3.8, 4) is 12.3 Å². The number of hydrogen-bond donors (Lipinski definition) is 4. The first-order valence-electron chi connectivity index (χ1n) is 6.73. The number of aromatic nitrogens is 3. The monoisotopic (exact) mass is 318 g/mol. The Balaban J connectivity index is 2.12. The second-order valence-corrected chi connectivity index (χ2v) is 5.13. The number of hydrogen-bond acceptors (Lipinski definition) is 8. The molecule has 5 atom stereocenters. The third kappa shape index (κ3) is 2.34. The first kappa shape index (κ1) is 15.4. The molecule has 0 radical (unpaired) electrons. The van der Waals surface area contributed by atoms with Crippen molar-refractivity contribution in [1.82, 2.24) is 14.5 Å². The fourth-order valence-corrected chi connectivity index (χ4v) is 2.60. The number of anilines is 1. The van der Waals surface area contributed by atoms with E-state index in [4.69, 9.17) is 16.9 Å². The zero-order chi connectivity index (χ0) is 16.7. The number of nitrogen functional groups attached to an aromatic ring is 1. The SMILES string of the molecule is C#C[C@H](O)[C@H]1O[C@@H](n2ccc(=O)c3c(N)ncnc32)[C@H](O)[C@@H]1O. The van der Waals surface area contributed by atoms with E-state index >= 15 is 0 Å². The second kappa shape index (κ2) is 5.60. The minimum absolute atomic E-state index is 0.0115. The van der Waals surface area contributed by atoms with Gasteiger partial charge in [0.05, 0.1) is 0 Å². The lowest BCUT2D eigenvalue weighted by molar-refractivity contribution is -0.0673. The Bertz CT molecular complexity index is 845. The quantitative estimate of drug-likeness (QED) is 0.465. The lowest BCUT2D eigenvalue weighted by atomic mass is 10.1. The highest BCUT2D eigenvalue weighted by molar-refractivity contribution is 5.84. The Morgan fingerprint density at radius 3 is 2.83 bits per heavy atom. The minimum Gasteiger partial charge on any atom is -0.387 e. The van der Waals surface area contributed by atoms with E-state index in [1.165, 1.54) is 23.2 Å². The molecule has 0 spiro atoms. The Kier molecular flexibility index (Phi) is 3.75. The van der Waals surface area contributed by atoms with Crippen LogP contribution in [0.4, 0.5) is 5.82 Å². The molecule has 0 amide bonds. The van der Waals surface area contributed by atoms with Crippen molar-refractivity contribution in [3.05, 3.63) is 28.8 Å². The summed E-state index contributed by atoms with van der Waals surface area (Å²) in [6, 6.07) is 1.22. The molecule has 0 aromatic carbocycles. The molecule has 1 aliphatic heterocycles. The number of nitrogens with two attached hydrogens (primary N) is 1. The van der Waals surface area contributed by atoms with Crippen molar-refractivity contribution in [2.45, 2.75) is 30.6 Å². The van der Waals surface area contributed by atoms with E-state index in [9.17, 15) is 20.1 Å². The number of nitrogens with zero attached hydrogens (tertiary/aromatic N) is 3. The van der Waals surface area contributed by atoms with Gasteiger partial charge < -0.3 is 30.4 Å². The summed E-state index contributed by atoms with van der Waals surface area (Å²) < 4.78 is 6.82. The standard InChI is InChI=1S/C14H14N4O5/c1-2-6(19)11-9(21)10(22)14(23-11)18-4-3-7(20)8-12(15)16-5-17-13(8)18/h1,3-6,9-11,14,19,21-22H,(H2,15,16,17)/t6-,9-,10+,11+,14+/m0/s1. The van der Waals surface area contributed by atoms with Crippen LogP contribution in [0.5, 0.6) is 0 Å². The average molecular weight is 318 g/mol. The number of rotatable bonds is 2. The Labute approximate surface area is 130 Å². The molecule has 5 N–H and O–H groups in total. The van der Waals surface area contributed by atoms with Gasteiger partial charge >= 0.3 is 0 Å². The van der Waals surface area contributed by atoms with Gasteiger partial charge in [-0.05, 0) is 0 Å². The molecule has 2 aromatic heterocycles. The normalized spacial score (nSPS) is 28.6. The first-order valence-corrected chi connectivity index (χ1v) is 6.73. The maximum Gasteiger partial charge on any atom is 0.194 e. The molecule has 0 bridgehead atoms. The summed E-state index contributed by atoms with van der Waals surface area (Å²) in [6.45, 7) is 0. The Morgan fingerprint density at radius 1 is 1.39 bits per heavy atom. The third-order valence-electron chi connectivity index (χ3n) is 3.77. The molecule has 3 rings (SSSR count). The molecule has 2 aromatic rings. The molecule has 0 unspecified atom stereocenters. The molecular weight excluding hydrogens is 304 g/mol. The smallest absolute Gasteiger partial charge is 0.194 e. The maximum absolute atomic E-state index is 11.9. The molecule has 1 aliphatic rings. The minimum atomic E-state index is -1.40. The summed E-state index contributed by atoms with van der Waals surface area (Å²) >= 11 is 0. The van der Waals surface area contributed by atoms with Gasteiger partial charge in [-0.15, -0.1) is 6.42 Å². The molecule has 0 saturated carbocycles. The molecule has 1 fully saturated rings. The average Bonchev–Trinajstić information content (AvgIpc) is 2.83. The van der Waals surface area contributed by atoms with Crippen LogP contribution in [-0.2, 0) is 4.74 Å². The van der Waals surface area contributed by atoms with E-state index in [0.717, 1.165) is 0 Å². The van der Waals surface area contributed by atoms with Crippen LogP contribution < -0.4 is 11.2 Å². The van der Waals surface area contributed by atoms with Crippen LogP contribution in [0.25, 0.3) is 11.0 Å².